The monoisotopic (exact) mass is 242 g/mol. The standard InChI is InChI=1S/C12H22N2O3/c1-5-6-14(8-11(16)17)10(15)7-9(13)12(2,3)4/h5,9H,1,6-8,13H2,2-4H3,(H,16,17). The van der Waals surface area contributed by atoms with Crippen molar-refractivity contribution in [2.75, 3.05) is 13.1 Å². The van der Waals surface area contributed by atoms with Gasteiger partial charge in [0.2, 0.25) is 5.91 Å². The van der Waals surface area contributed by atoms with Crippen LogP contribution in [0.5, 0.6) is 0 Å². The van der Waals surface area contributed by atoms with E-state index in [1.807, 2.05) is 20.8 Å². The van der Waals surface area contributed by atoms with Crippen molar-refractivity contribution in [2.24, 2.45) is 11.1 Å². The van der Waals surface area contributed by atoms with E-state index in [0.29, 0.717) is 0 Å². The zero-order valence-corrected chi connectivity index (χ0v) is 10.8. The Labute approximate surface area is 102 Å². The lowest BCUT2D eigenvalue weighted by Gasteiger charge is -2.28. The van der Waals surface area contributed by atoms with Crippen LogP contribution in [-0.4, -0.2) is 41.0 Å². The molecule has 0 aliphatic heterocycles. The third-order valence-corrected chi connectivity index (χ3v) is 2.54. The van der Waals surface area contributed by atoms with Crippen LogP contribution in [0.2, 0.25) is 0 Å². The van der Waals surface area contributed by atoms with Gasteiger partial charge in [0.15, 0.2) is 0 Å². The van der Waals surface area contributed by atoms with E-state index in [1.54, 1.807) is 0 Å². The predicted molar refractivity (Wildman–Crippen MR) is 66.5 cm³/mol. The summed E-state index contributed by atoms with van der Waals surface area (Å²) in [5.74, 6) is -1.29. The van der Waals surface area contributed by atoms with Gasteiger partial charge in [0.25, 0.3) is 0 Å². The summed E-state index contributed by atoms with van der Waals surface area (Å²) in [5, 5.41) is 8.69. The van der Waals surface area contributed by atoms with Crippen molar-refractivity contribution in [3.8, 4) is 0 Å². The number of hydrogen-bond acceptors (Lipinski definition) is 3. The lowest BCUT2D eigenvalue weighted by atomic mass is 9.85. The second-order valence-corrected chi connectivity index (χ2v) is 5.13. The summed E-state index contributed by atoms with van der Waals surface area (Å²) >= 11 is 0. The molecule has 0 radical (unpaired) electrons. The number of carbonyl (C=O) groups excluding carboxylic acids is 1. The van der Waals surface area contributed by atoms with E-state index >= 15 is 0 Å². The summed E-state index contributed by atoms with van der Waals surface area (Å²) in [6.07, 6.45) is 1.65. The van der Waals surface area contributed by atoms with Crippen LogP contribution in [0.15, 0.2) is 12.7 Å². The number of nitrogens with zero attached hydrogens (tertiary/aromatic N) is 1. The molecule has 0 saturated heterocycles. The number of amides is 1. The second kappa shape index (κ2) is 6.39. The van der Waals surface area contributed by atoms with Crippen molar-refractivity contribution in [1.29, 1.82) is 0 Å². The second-order valence-electron chi connectivity index (χ2n) is 5.13. The van der Waals surface area contributed by atoms with Crippen molar-refractivity contribution in [3.63, 3.8) is 0 Å². The molecule has 0 aromatic rings. The molecule has 0 aromatic heterocycles. The molecule has 5 nitrogen and oxygen atoms in total. The third kappa shape index (κ3) is 6.06. The van der Waals surface area contributed by atoms with Gasteiger partial charge in [-0.1, -0.05) is 26.8 Å². The van der Waals surface area contributed by atoms with Crippen molar-refractivity contribution in [1.82, 2.24) is 4.90 Å². The van der Waals surface area contributed by atoms with E-state index in [9.17, 15) is 9.59 Å². The molecule has 0 bridgehead atoms. The predicted octanol–water partition coefficient (Wildman–Crippen LogP) is 0.849. The molecule has 17 heavy (non-hydrogen) atoms. The molecule has 0 aliphatic rings. The van der Waals surface area contributed by atoms with E-state index in [1.165, 1.54) is 11.0 Å². The summed E-state index contributed by atoms with van der Waals surface area (Å²) in [5.41, 5.74) is 5.71. The van der Waals surface area contributed by atoms with Crippen molar-refractivity contribution in [3.05, 3.63) is 12.7 Å². The van der Waals surface area contributed by atoms with Gasteiger partial charge < -0.3 is 15.7 Å². The first-order chi connectivity index (χ1) is 7.68. The molecule has 0 saturated carbocycles. The Kier molecular flexibility index (Phi) is 5.88. The Bertz CT molecular complexity index is 295. The summed E-state index contributed by atoms with van der Waals surface area (Å²) in [6, 6.07) is -0.295. The summed E-state index contributed by atoms with van der Waals surface area (Å²) in [4.78, 5) is 23.7. The first-order valence-electron chi connectivity index (χ1n) is 5.54. The van der Waals surface area contributed by atoms with Crippen LogP contribution in [-0.2, 0) is 9.59 Å². The first-order valence-corrected chi connectivity index (χ1v) is 5.54. The van der Waals surface area contributed by atoms with Crippen LogP contribution in [0.25, 0.3) is 0 Å². The Morgan fingerprint density at radius 2 is 2.00 bits per heavy atom. The molecule has 3 N–H and O–H groups in total. The first kappa shape index (κ1) is 15.6. The van der Waals surface area contributed by atoms with Gasteiger partial charge in [-0.15, -0.1) is 6.58 Å². The fraction of sp³-hybridized carbons (Fsp3) is 0.667. The number of carbonyl (C=O) groups is 2. The molecular formula is C12H22N2O3. The Morgan fingerprint density at radius 1 is 1.47 bits per heavy atom. The Balaban J connectivity index is 4.52. The lowest BCUT2D eigenvalue weighted by Crippen LogP contribution is -2.43. The van der Waals surface area contributed by atoms with Crippen LogP contribution in [0, 0.1) is 5.41 Å². The lowest BCUT2D eigenvalue weighted by molar-refractivity contribution is -0.144. The van der Waals surface area contributed by atoms with Gasteiger partial charge in [0.05, 0.1) is 0 Å². The van der Waals surface area contributed by atoms with Gasteiger partial charge in [-0.05, 0) is 5.41 Å². The van der Waals surface area contributed by atoms with E-state index in [-0.39, 0.29) is 36.9 Å². The Morgan fingerprint density at radius 3 is 2.35 bits per heavy atom. The quantitative estimate of drug-likeness (QED) is 0.676. The maximum absolute atomic E-state index is 11.9. The zero-order chi connectivity index (χ0) is 13.6. The van der Waals surface area contributed by atoms with E-state index in [4.69, 9.17) is 10.8 Å². The van der Waals surface area contributed by atoms with Crippen molar-refractivity contribution < 1.29 is 14.7 Å². The largest absolute Gasteiger partial charge is 0.480 e. The molecule has 98 valence electrons. The minimum Gasteiger partial charge on any atom is -0.480 e. The average molecular weight is 242 g/mol. The number of nitrogens with two attached hydrogens (primary N) is 1. The minimum absolute atomic E-state index is 0.143. The fourth-order valence-electron chi connectivity index (χ4n) is 1.20. The highest BCUT2D eigenvalue weighted by molar-refractivity contribution is 5.81. The van der Waals surface area contributed by atoms with Crippen LogP contribution >= 0.6 is 0 Å². The van der Waals surface area contributed by atoms with Gasteiger partial charge in [-0.2, -0.15) is 0 Å². The molecule has 0 aliphatic carbocycles. The normalized spacial score (nSPS) is 12.9. The molecule has 0 rings (SSSR count). The molecule has 1 unspecified atom stereocenters. The van der Waals surface area contributed by atoms with Crippen LogP contribution < -0.4 is 5.73 Å². The maximum Gasteiger partial charge on any atom is 0.323 e. The van der Waals surface area contributed by atoms with Crippen LogP contribution in [0.4, 0.5) is 0 Å². The number of hydrogen-bond donors (Lipinski definition) is 2. The van der Waals surface area contributed by atoms with E-state index < -0.39 is 5.97 Å². The van der Waals surface area contributed by atoms with Gasteiger partial charge in [0.1, 0.15) is 6.54 Å². The van der Waals surface area contributed by atoms with Crippen LogP contribution in [0.1, 0.15) is 27.2 Å². The minimum atomic E-state index is -1.04. The van der Waals surface area contributed by atoms with Crippen LogP contribution in [0.3, 0.4) is 0 Å². The van der Waals surface area contributed by atoms with Gasteiger partial charge in [-0.25, -0.2) is 0 Å². The number of carboxylic acids is 1. The molecule has 0 heterocycles. The summed E-state index contributed by atoms with van der Waals surface area (Å²) in [6.45, 7) is 9.24. The molecule has 1 atom stereocenters. The van der Waals surface area contributed by atoms with Gasteiger partial charge in [-0.3, -0.25) is 9.59 Å². The van der Waals surface area contributed by atoms with E-state index in [0.717, 1.165) is 0 Å². The third-order valence-electron chi connectivity index (χ3n) is 2.54. The SMILES string of the molecule is C=CCN(CC(=O)O)C(=O)CC(N)C(C)(C)C. The number of rotatable bonds is 6. The summed E-state index contributed by atoms with van der Waals surface area (Å²) in [7, 11) is 0. The van der Waals surface area contributed by atoms with E-state index in [2.05, 4.69) is 6.58 Å². The van der Waals surface area contributed by atoms with Gasteiger partial charge in [0, 0.05) is 19.0 Å². The van der Waals surface area contributed by atoms with Crippen molar-refractivity contribution in [2.45, 2.75) is 33.2 Å². The topological polar surface area (TPSA) is 83.6 Å². The molecule has 5 heteroatoms. The molecular weight excluding hydrogens is 220 g/mol. The molecule has 0 fully saturated rings. The fourth-order valence-corrected chi connectivity index (χ4v) is 1.20. The zero-order valence-electron chi connectivity index (χ0n) is 10.8. The highest BCUT2D eigenvalue weighted by Gasteiger charge is 2.25. The Hall–Kier alpha value is -1.36. The number of aliphatic carboxylic acids is 1. The smallest absolute Gasteiger partial charge is 0.323 e. The van der Waals surface area contributed by atoms with Gasteiger partial charge >= 0.3 is 5.97 Å². The van der Waals surface area contributed by atoms with Crippen molar-refractivity contribution >= 4 is 11.9 Å². The molecule has 1 amide bonds. The summed E-state index contributed by atoms with van der Waals surface area (Å²) < 4.78 is 0. The highest BCUT2D eigenvalue weighted by atomic mass is 16.4. The molecule has 0 aromatic carbocycles. The highest BCUT2D eigenvalue weighted by Crippen LogP contribution is 2.20. The average Bonchev–Trinajstić information content (AvgIpc) is 2.14. The maximum atomic E-state index is 11.9. The number of carboxylic acid groups (broad SMARTS) is 1. The molecule has 0 spiro atoms.